The van der Waals surface area contributed by atoms with Crippen molar-refractivity contribution in [1.29, 1.82) is 0 Å². The first-order valence-corrected chi connectivity index (χ1v) is 13.6. The van der Waals surface area contributed by atoms with Crippen LogP contribution in [0.25, 0.3) is 10.9 Å². The minimum atomic E-state index is -0.412. The van der Waals surface area contributed by atoms with Gasteiger partial charge in [0.05, 0.1) is 11.1 Å². The molecule has 0 amide bonds. The van der Waals surface area contributed by atoms with Crippen LogP contribution in [0.5, 0.6) is 11.5 Å². The van der Waals surface area contributed by atoms with E-state index in [1.807, 2.05) is 22.9 Å². The Labute approximate surface area is 227 Å². The van der Waals surface area contributed by atoms with Gasteiger partial charge < -0.3 is 19.4 Å². The fourth-order valence-corrected chi connectivity index (χ4v) is 5.56. The molecule has 1 unspecified atom stereocenters. The molecule has 2 aliphatic heterocycles. The number of anilines is 1. The number of pyridine rings is 1. The molecular formula is C29H35N7O3. The van der Waals surface area contributed by atoms with Crippen LogP contribution in [0.4, 0.5) is 5.69 Å². The normalized spacial score (nSPS) is 16.7. The summed E-state index contributed by atoms with van der Waals surface area (Å²) in [6.07, 6.45) is 0.843. The lowest BCUT2D eigenvalue weighted by atomic mass is 9.98. The zero-order valence-corrected chi connectivity index (χ0v) is 23.2. The molecular weight excluding hydrogens is 494 g/mol. The van der Waals surface area contributed by atoms with Crippen LogP contribution < -0.4 is 19.9 Å². The first-order valence-electron chi connectivity index (χ1n) is 13.6. The summed E-state index contributed by atoms with van der Waals surface area (Å²) in [5.74, 6) is 1.99. The summed E-state index contributed by atoms with van der Waals surface area (Å²) >= 11 is 0. The van der Waals surface area contributed by atoms with E-state index in [9.17, 15) is 4.79 Å². The van der Waals surface area contributed by atoms with Gasteiger partial charge in [0, 0.05) is 48.9 Å². The Balaban J connectivity index is 1.42. The van der Waals surface area contributed by atoms with Crippen molar-refractivity contribution in [2.75, 3.05) is 37.9 Å². The Morgan fingerprint density at radius 1 is 1.05 bits per heavy atom. The summed E-state index contributed by atoms with van der Waals surface area (Å²) < 4.78 is 13.0. The van der Waals surface area contributed by atoms with Gasteiger partial charge in [-0.2, -0.15) is 0 Å². The molecule has 4 heterocycles. The molecule has 1 atom stereocenters. The molecule has 4 aromatic rings. The Kier molecular flexibility index (Phi) is 6.29. The SMILES string of the molecule is CCC(C)(C)n1nnnc1C(c1cc2cc3c(cc2[nH]c1=O)OCO3)N1CCN(c2cccc(C)c2C)CC1. The minimum absolute atomic E-state index is 0.160. The molecule has 10 heteroatoms. The summed E-state index contributed by atoms with van der Waals surface area (Å²) in [4.78, 5) is 21.5. The van der Waals surface area contributed by atoms with E-state index in [-0.39, 0.29) is 17.9 Å². The summed E-state index contributed by atoms with van der Waals surface area (Å²) in [6, 6.07) is 11.8. The quantitative estimate of drug-likeness (QED) is 0.401. The molecule has 6 rings (SSSR count). The predicted molar refractivity (Wildman–Crippen MR) is 150 cm³/mol. The monoisotopic (exact) mass is 529 g/mol. The van der Waals surface area contributed by atoms with Gasteiger partial charge in [0.15, 0.2) is 17.3 Å². The fourth-order valence-electron chi connectivity index (χ4n) is 5.56. The lowest BCUT2D eigenvalue weighted by Gasteiger charge is -2.40. The third-order valence-corrected chi connectivity index (χ3v) is 8.43. The first kappa shape index (κ1) is 25.4. The predicted octanol–water partition coefficient (Wildman–Crippen LogP) is 3.92. The summed E-state index contributed by atoms with van der Waals surface area (Å²) in [5.41, 5.74) is 4.71. The number of benzene rings is 2. The number of aryl methyl sites for hydroxylation is 1. The van der Waals surface area contributed by atoms with Crippen molar-refractivity contribution in [3.63, 3.8) is 0 Å². The van der Waals surface area contributed by atoms with Crippen molar-refractivity contribution in [3.8, 4) is 11.5 Å². The zero-order chi connectivity index (χ0) is 27.3. The number of aromatic amines is 1. The molecule has 0 aliphatic carbocycles. The van der Waals surface area contributed by atoms with Gasteiger partial charge >= 0.3 is 0 Å². The van der Waals surface area contributed by atoms with Gasteiger partial charge in [-0.15, -0.1) is 5.10 Å². The number of ether oxygens (including phenoxy) is 2. The van der Waals surface area contributed by atoms with Gasteiger partial charge in [0.25, 0.3) is 5.56 Å². The highest BCUT2D eigenvalue weighted by molar-refractivity contribution is 5.83. The Bertz CT molecular complexity index is 1580. The highest BCUT2D eigenvalue weighted by Crippen LogP contribution is 2.37. The molecule has 2 aliphatic rings. The third kappa shape index (κ3) is 4.42. The Morgan fingerprint density at radius 2 is 1.79 bits per heavy atom. The second-order valence-corrected chi connectivity index (χ2v) is 11.1. The smallest absolute Gasteiger partial charge is 0.253 e. The number of nitrogens with one attached hydrogen (secondary N) is 1. The molecule has 39 heavy (non-hydrogen) atoms. The van der Waals surface area contributed by atoms with Gasteiger partial charge in [-0.25, -0.2) is 4.68 Å². The van der Waals surface area contributed by atoms with Gasteiger partial charge in [0.2, 0.25) is 6.79 Å². The van der Waals surface area contributed by atoms with Gasteiger partial charge in [0.1, 0.15) is 6.04 Å². The molecule has 0 bridgehead atoms. The minimum Gasteiger partial charge on any atom is -0.454 e. The number of H-pyrrole nitrogens is 1. The molecule has 0 radical (unpaired) electrons. The van der Waals surface area contributed by atoms with Crippen LogP contribution in [0.1, 0.15) is 55.7 Å². The van der Waals surface area contributed by atoms with Gasteiger partial charge in [-0.3, -0.25) is 9.69 Å². The van der Waals surface area contributed by atoms with Crippen molar-refractivity contribution in [2.45, 2.75) is 52.6 Å². The molecule has 2 aromatic carbocycles. The topological polar surface area (TPSA) is 101 Å². The number of hydrogen-bond acceptors (Lipinski definition) is 8. The second kappa shape index (κ2) is 9.68. The van der Waals surface area contributed by atoms with Crippen LogP contribution in [-0.2, 0) is 5.54 Å². The average molecular weight is 530 g/mol. The van der Waals surface area contributed by atoms with E-state index in [1.165, 1.54) is 16.8 Å². The van der Waals surface area contributed by atoms with Crippen molar-refractivity contribution in [2.24, 2.45) is 0 Å². The van der Waals surface area contributed by atoms with Gasteiger partial charge in [-0.1, -0.05) is 19.1 Å². The number of fused-ring (bicyclic) bond motifs is 2. The second-order valence-electron chi connectivity index (χ2n) is 11.1. The Morgan fingerprint density at radius 3 is 2.54 bits per heavy atom. The number of aromatic nitrogens is 5. The van der Waals surface area contributed by atoms with Crippen LogP contribution in [0.15, 0.2) is 41.2 Å². The largest absolute Gasteiger partial charge is 0.454 e. The molecule has 0 spiro atoms. The number of nitrogens with zero attached hydrogens (tertiary/aromatic N) is 6. The highest BCUT2D eigenvalue weighted by Gasteiger charge is 2.36. The molecule has 204 valence electrons. The zero-order valence-electron chi connectivity index (χ0n) is 23.2. The van der Waals surface area contributed by atoms with Crippen LogP contribution in [-0.4, -0.2) is 63.1 Å². The van der Waals surface area contributed by atoms with Gasteiger partial charge in [-0.05, 0) is 73.9 Å². The van der Waals surface area contributed by atoms with E-state index in [0.29, 0.717) is 28.4 Å². The maximum absolute atomic E-state index is 13.7. The van der Waals surface area contributed by atoms with E-state index in [1.54, 1.807) is 0 Å². The summed E-state index contributed by atoms with van der Waals surface area (Å²) in [6.45, 7) is 14.1. The molecule has 2 aromatic heterocycles. The summed E-state index contributed by atoms with van der Waals surface area (Å²) in [7, 11) is 0. The fraction of sp³-hybridized carbons (Fsp3) is 0.448. The van der Waals surface area contributed by atoms with Crippen molar-refractivity contribution in [1.82, 2.24) is 30.1 Å². The molecule has 1 fully saturated rings. The Hall–Kier alpha value is -3.92. The van der Waals surface area contributed by atoms with E-state index in [2.05, 4.69) is 83.1 Å². The number of hydrogen-bond donors (Lipinski definition) is 1. The number of piperazine rings is 1. The number of rotatable bonds is 6. The molecule has 10 nitrogen and oxygen atoms in total. The first-order chi connectivity index (χ1) is 18.8. The van der Waals surface area contributed by atoms with Crippen molar-refractivity contribution in [3.05, 3.63) is 69.3 Å². The van der Waals surface area contributed by atoms with E-state index < -0.39 is 6.04 Å². The van der Waals surface area contributed by atoms with Crippen LogP contribution in [0, 0.1) is 13.8 Å². The van der Waals surface area contributed by atoms with E-state index >= 15 is 0 Å². The number of tetrazole rings is 1. The standard InChI is InChI=1S/C29H35N7O3/c1-6-29(4,5)36-27(31-32-33-36)26(35-12-10-34(11-13-35)23-9-7-8-18(2)19(23)3)21-14-20-15-24-25(39-17-38-24)16-22(20)30-28(21)37/h7-9,14-16,26H,6,10-13,17H2,1-5H3,(H,30,37). The van der Waals surface area contributed by atoms with Crippen molar-refractivity contribution >= 4 is 16.6 Å². The maximum Gasteiger partial charge on any atom is 0.253 e. The van der Waals surface area contributed by atoms with Crippen LogP contribution in [0.3, 0.4) is 0 Å². The van der Waals surface area contributed by atoms with E-state index in [0.717, 1.165) is 38.0 Å². The third-order valence-electron chi connectivity index (χ3n) is 8.43. The van der Waals surface area contributed by atoms with Crippen molar-refractivity contribution < 1.29 is 9.47 Å². The lowest BCUT2D eigenvalue weighted by Crippen LogP contribution is -2.49. The molecule has 1 N–H and O–H groups in total. The van der Waals surface area contributed by atoms with Crippen LogP contribution in [0.2, 0.25) is 0 Å². The maximum atomic E-state index is 13.7. The van der Waals surface area contributed by atoms with E-state index in [4.69, 9.17) is 9.47 Å². The summed E-state index contributed by atoms with van der Waals surface area (Å²) in [5, 5.41) is 13.9. The van der Waals surface area contributed by atoms with Crippen LogP contribution >= 0.6 is 0 Å². The molecule has 1 saturated heterocycles. The lowest BCUT2D eigenvalue weighted by molar-refractivity contribution is 0.174. The highest BCUT2D eigenvalue weighted by atomic mass is 16.7. The average Bonchev–Trinajstić information content (AvgIpc) is 3.60. The molecule has 0 saturated carbocycles.